The molecule has 1 aliphatic heterocycles. The van der Waals surface area contributed by atoms with Crippen molar-refractivity contribution < 1.29 is 19.0 Å². The summed E-state index contributed by atoms with van der Waals surface area (Å²) in [6.07, 6.45) is -0.794. The molecule has 3 aromatic rings. The highest BCUT2D eigenvalue weighted by atomic mass is 16.8. The van der Waals surface area contributed by atoms with E-state index in [2.05, 4.69) is 0 Å². The molecule has 1 unspecified atom stereocenters. The van der Waals surface area contributed by atoms with Crippen LogP contribution >= 0.6 is 0 Å². The van der Waals surface area contributed by atoms with E-state index in [1.165, 1.54) is 0 Å². The number of esters is 1. The van der Waals surface area contributed by atoms with Gasteiger partial charge in [-0.05, 0) is 18.6 Å². The largest absolute Gasteiger partial charge is 0.429 e. The SMILES string of the molecule is Cc1ccccc1C(=O)OC1COC(c2ccccc2)(c2ccccc2)O1. The maximum atomic E-state index is 12.5. The Kier molecular flexibility index (Phi) is 4.75. The normalized spacial score (nSPS) is 18.2. The topological polar surface area (TPSA) is 44.8 Å². The number of rotatable bonds is 4. The van der Waals surface area contributed by atoms with Gasteiger partial charge in [-0.15, -0.1) is 0 Å². The van der Waals surface area contributed by atoms with Gasteiger partial charge in [-0.2, -0.15) is 0 Å². The fourth-order valence-corrected chi connectivity index (χ4v) is 3.27. The van der Waals surface area contributed by atoms with Crippen LogP contribution in [0, 0.1) is 6.92 Å². The van der Waals surface area contributed by atoms with Crippen molar-refractivity contribution in [3.8, 4) is 0 Å². The van der Waals surface area contributed by atoms with E-state index in [0.29, 0.717) is 5.56 Å². The minimum atomic E-state index is -1.10. The first-order chi connectivity index (χ1) is 13.2. The van der Waals surface area contributed by atoms with Crippen molar-refractivity contribution in [1.29, 1.82) is 0 Å². The molecule has 4 nitrogen and oxygen atoms in total. The highest BCUT2D eigenvalue weighted by Gasteiger charge is 2.46. The summed E-state index contributed by atoms with van der Waals surface area (Å²) in [6, 6.07) is 26.7. The number of carbonyl (C=O) groups is 1. The molecule has 1 fully saturated rings. The van der Waals surface area contributed by atoms with Gasteiger partial charge in [0.15, 0.2) is 0 Å². The lowest BCUT2D eigenvalue weighted by Gasteiger charge is -2.28. The van der Waals surface area contributed by atoms with E-state index in [9.17, 15) is 4.79 Å². The Morgan fingerprint density at radius 1 is 0.889 bits per heavy atom. The van der Waals surface area contributed by atoms with Crippen LogP contribution in [0.25, 0.3) is 0 Å². The monoisotopic (exact) mass is 360 g/mol. The molecule has 0 saturated carbocycles. The van der Waals surface area contributed by atoms with Crippen molar-refractivity contribution in [2.75, 3.05) is 6.61 Å². The molecule has 136 valence electrons. The molecule has 1 heterocycles. The predicted octanol–water partition coefficient (Wildman–Crippen LogP) is 4.43. The second-order valence-corrected chi connectivity index (χ2v) is 6.43. The first kappa shape index (κ1) is 17.5. The van der Waals surface area contributed by atoms with E-state index in [1.807, 2.05) is 85.8 Å². The second kappa shape index (κ2) is 7.35. The van der Waals surface area contributed by atoms with Gasteiger partial charge in [0, 0.05) is 11.1 Å². The Morgan fingerprint density at radius 3 is 2.04 bits per heavy atom. The van der Waals surface area contributed by atoms with Crippen LogP contribution in [0.3, 0.4) is 0 Å². The summed E-state index contributed by atoms with van der Waals surface area (Å²) in [5.74, 6) is -1.52. The van der Waals surface area contributed by atoms with Crippen molar-refractivity contribution in [2.45, 2.75) is 19.0 Å². The zero-order valence-corrected chi connectivity index (χ0v) is 15.0. The molecule has 1 saturated heterocycles. The molecule has 0 N–H and O–H groups in total. The Balaban J connectivity index is 1.61. The number of carbonyl (C=O) groups excluding carboxylic acids is 1. The summed E-state index contributed by atoms with van der Waals surface area (Å²) in [7, 11) is 0. The van der Waals surface area contributed by atoms with Gasteiger partial charge in [-0.25, -0.2) is 4.79 Å². The van der Waals surface area contributed by atoms with Gasteiger partial charge >= 0.3 is 5.97 Å². The van der Waals surface area contributed by atoms with Crippen LogP contribution < -0.4 is 0 Å². The number of benzene rings is 3. The quantitative estimate of drug-likeness (QED) is 0.646. The molecule has 0 aliphatic carbocycles. The molecular formula is C23H20O4. The van der Waals surface area contributed by atoms with E-state index in [4.69, 9.17) is 14.2 Å². The summed E-state index contributed by atoms with van der Waals surface area (Å²) in [5, 5.41) is 0. The molecule has 0 spiro atoms. The Morgan fingerprint density at radius 2 is 1.44 bits per heavy atom. The van der Waals surface area contributed by atoms with Gasteiger partial charge in [0.2, 0.25) is 12.1 Å². The number of hydrogen-bond donors (Lipinski definition) is 0. The van der Waals surface area contributed by atoms with E-state index in [-0.39, 0.29) is 6.61 Å². The lowest BCUT2D eigenvalue weighted by Crippen LogP contribution is -2.30. The third kappa shape index (κ3) is 3.37. The van der Waals surface area contributed by atoms with Gasteiger partial charge in [0.05, 0.1) is 5.56 Å². The maximum absolute atomic E-state index is 12.5. The Hall–Kier alpha value is -2.95. The molecule has 27 heavy (non-hydrogen) atoms. The first-order valence-electron chi connectivity index (χ1n) is 8.88. The summed E-state index contributed by atoms with van der Waals surface area (Å²) >= 11 is 0. The molecule has 4 rings (SSSR count). The zero-order valence-electron chi connectivity index (χ0n) is 15.0. The van der Waals surface area contributed by atoms with E-state index < -0.39 is 18.0 Å². The molecule has 3 aromatic carbocycles. The summed E-state index contributed by atoms with van der Waals surface area (Å²) < 4.78 is 17.9. The summed E-state index contributed by atoms with van der Waals surface area (Å²) in [6.45, 7) is 2.03. The lowest BCUT2D eigenvalue weighted by atomic mass is 9.97. The van der Waals surface area contributed by atoms with Crippen molar-refractivity contribution >= 4 is 5.97 Å². The highest BCUT2D eigenvalue weighted by Crippen LogP contribution is 2.40. The average molecular weight is 360 g/mol. The molecular weight excluding hydrogens is 340 g/mol. The van der Waals surface area contributed by atoms with E-state index in [0.717, 1.165) is 16.7 Å². The fourth-order valence-electron chi connectivity index (χ4n) is 3.27. The van der Waals surface area contributed by atoms with Crippen LogP contribution in [0.5, 0.6) is 0 Å². The number of ether oxygens (including phenoxy) is 3. The number of hydrogen-bond acceptors (Lipinski definition) is 4. The highest BCUT2D eigenvalue weighted by molar-refractivity contribution is 5.91. The average Bonchev–Trinajstić information content (AvgIpc) is 3.14. The molecule has 1 atom stereocenters. The smallest absolute Gasteiger partial charge is 0.340 e. The van der Waals surface area contributed by atoms with Crippen LogP contribution in [0.2, 0.25) is 0 Å². The lowest BCUT2D eigenvalue weighted by molar-refractivity contribution is -0.179. The van der Waals surface area contributed by atoms with E-state index in [1.54, 1.807) is 6.07 Å². The molecule has 0 radical (unpaired) electrons. The Labute approximate surface area is 158 Å². The summed E-state index contributed by atoms with van der Waals surface area (Å²) in [5.41, 5.74) is 3.09. The molecule has 1 aliphatic rings. The third-order valence-electron chi connectivity index (χ3n) is 4.63. The summed E-state index contributed by atoms with van der Waals surface area (Å²) in [4.78, 5) is 12.5. The molecule has 4 heteroatoms. The van der Waals surface area contributed by atoms with Crippen LogP contribution in [0.4, 0.5) is 0 Å². The predicted molar refractivity (Wildman–Crippen MR) is 101 cm³/mol. The Bertz CT molecular complexity index is 882. The van der Waals surface area contributed by atoms with Crippen LogP contribution in [0.15, 0.2) is 84.9 Å². The minimum absolute atomic E-state index is 0.154. The standard InChI is InChI=1S/C23H20O4/c1-17-10-8-9-15-20(17)22(24)26-21-16-25-23(27-21,18-11-4-2-5-12-18)19-13-6-3-7-14-19/h2-15,21H,16H2,1H3. The molecule has 0 aromatic heterocycles. The third-order valence-corrected chi connectivity index (χ3v) is 4.63. The van der Waals surface area contributed by atoms with Crippen LogP contribution in [-0.4, -0.2) is 18.9 Å². The van der Waals surface area contributed by atoms with Gasteiger partial charge in [-0.1, -0.05) is 78.9 Å². The number of aryl methyl sites for hydroxylation is 1. The second-order valence-electron chi connectivity index (χ2n) is 6.43. The van der Waals surface area contributed by atoms with Crippen molar-refractivity contribution in [3.63, 3.8) is 0 Å². The van der Waals surface area contributed by atoms with Gasteiger partial charge in [-0.3, -0.25) is 4.74 Å². The van der Waals surface area contributed by atoms with Crippen LogP contribution in [-0.2, 0) is 20.0 Å². The first-order valence-corrected chi connectivity index (χ1v) is 8.88. The maximum Gasteiger partial charge on any atom is 0.340 e. The van der Waals surface area contributed by atoms with Gasteiger partial charge < -0.3 is 9.47 Å². The van der Waals surface area contributed by atoms with Crippen molar-refractivity contribution in [2.24, 2.45) is 0 Å². The van der Waals surface area contributed by atoms with Gasteiger partial charge in [0.1, 0.15) is 6.61 Å². The minimum Gasteiger partial charge on any atom is -0.429 e. The van der Waals surface area contributed by atoms with E-state index >= 15 is 0 Å². The zero-order chi connectivity index (χ0) is 18.7. The van der Waals surface area contributed by atoms with Crippen molar-refractivity contribution in [3.05, 3.63) is 107 Å². The van der Waals surface area contributed by atoms with Crippen LogP contribution in [0.1, 0.15) is 27.0 Å². The molecule has 0 amide bonds. The fraction of sp³-hybridized carbons (Fsp3) is 0.174. The van der Waals surface area contributed by atoms with Crippen molar-refractivity contribution in [1.82, 2.24) is 0 Å². The molecule has 0 bridgehead atoms. The van der Waals surface area contributed by atoms with Gasteiger partial charge in [0.25, 0.3) is 0 Å².